The molecule has 2 atom stereocenters. The van der Waals surface area contributed by atoms with Gasteiger partial charge in [-0.2, -0.15) is 0 Å². The van der Waals surface area contributed by atoms with Crippen LogP contribution in [0.2, 0.25) is 0 Å². The van der Waals surface area contributed by atoms with Crippen molar-refractivity contribution >= 4 is 17.5 Å². The Balaban J connectivity index is 1.49. The molecule has 30 heavy (non-hydrogen) atoms. The van der Waals surface area contributed by atoms with Gasteiger partial charge in [0.15, 0.2) is 0 Å². The molecule has 2 aromatic rings. The number of halogens is 1. The SMILES string of the molecule is CC(NC(=O)C(C)N1CCC(C(=O)Nc2ccccc2O)CC1)c1ccc(F)cc1. The number of nitrogens with one attached hydrogen (secondary N) is 2. The number of rotatable bonds is 6. The predicted molar refractivity (Wildman–Crippen MR) is 113 cm³/mol. The number of hydrogen-bond acceptors (Lipinski definition) is 4. The first-order valence-electron chi connectivity index (χ1n) is 10.2. The van der Waals surface area contributed by atoms with Gasteiger partial charge >= 0.3 is 0 Å². The maximum absolute atomic E-state index is 13.1. The molecule has 1 heterocycles. The van der Waals surface area contributed by atoms with Crippen molar-refractivity contribution in [2.24, 2.45) is 5.92 Å². The topological polar surface area (TPSA) is 81.7 Å². The van der Waals surface area contributed by atoms with Crippen LogP contribution in [0.15, 0.2) is 48.5 Å². The van der Waals surface area contributed by atoms with Crippen LogP contribution in [0, 0.1) is 11.7 Å². The zero-order chi connectivity index (χ0) is 21.7. The van der Waals surface area contributed by atoms with Gasteiger partial charge in [0.2, 0.25) is 11.8 Å². The molecule has 7 heteroatoms. The second-order valence-electron chi connectivity index (χ2n) is 7.77. The van der Waals surface area contributed by atoms with E-state index in [2.05, 4.69) is 15.5 Å². The van der Waals surface area contributed by atoms with Gasteiger partial charge in [-0.25, -0.2) is 4.39 Å². The first kappa shape index (κ1) is 21.8. The molecular formula is C23H28FN3O3. The number of phenols is 1. The van der Waals surface area contributed by atoms with E-state index < -0.39 is 0 Å². The highest BCUT2D eigenvalue weighted by Gasteiger charge is 2.30. The standard InChI is InChI=1S/C23H28FN3O3/c1-15(17-7-9-19(24)10-8-17)25-22(29)16(2)27-13-11-18(12-14-27)23(30)26-20-5-3-4-6-21(20)28/h3-10,15-16,18,28H,11-14H2,1-2H3,(H,25,29)(H,26,30). The average Bonchev–Trinajstić information content (AvgIpc) is 2.75. The largest absolute Gasteiger partial charge is 0.506 e. The Morgan fingerprint density at radius 2 is 1.70 bits per heavy atom. The van der Waals surface area contributed by atoms with Crippen LogP contribution < -0.4 is 10.6 Å². The number of amides is 2. The van der Waals surface area contributed by atoms with E-state index in [1.807, 2.05) is 13.8 Å². The van der Waals surface area contributed by atoms with Gasteiger partial charge in [-0.1, -0.05) is 24.3 Å². The number of anilines is 1. The molecule has 0 saturated carbocycles. The molecule has 2 aromatic carbocycles. The van der Waals surface area contributed by atoms with Gasteiger partial charge in [-0.15, -0.1) is 0 Å². The van der Waals surface area contributed by atoms with E-state index in [1.165, 1.54) is 18.2 Å². The summed E-state index contributed by atoms with van der Waals surface area (Å²) < 4.78 is 13.1. The van der Waals surface area contributed by atoms with Gasteiger partial charge < -0.3 is 15.7 Å². The third-order valence-corrected chi connectivity index (χ3v) is 5.72. The first-order chi connectivity index (χ1) is 14.3. The van der Waals surface area contributed by atoms with Gasteiger partial charge in [0.05, 0.1) is 17.8 Å². The minimum Gasteiger partial charge on any atom is -0.506 e. The van der Waals surface area contributed by atoms with Crippen molar-refractivity contribution in [3.05, 3.63) is 59.9 Å². The summed E-state index contributed by atoms with van der Waals surface area (Å²) in [5.74, 6) is -0.625. The molecule has 3 N–H and O–H groups in total. The van der Waals surface area contributed by atoms with Crippen molar-refractivity contribution in [3.63, 3.8) is 0 Å². The molecule has 0 radical (unpaired) electrons. The summed E-state index contributed by atoms with van der Waals surface area (Å²) in [5.41, 5.74) is 1.25. The van der Waals surface area contributed by atoms with Crippen LogP contribution in [0.25, 0.3) is 0 Å². The highest BCUT2D eigenvalue weighted by molar-refractivity contribution is 5.94. The molecule has 1 saturated heterocycles. The number of carbonyl (C=O) groups is 2. The number of hydrogen-bond donors (Lipinski definition) is 3. The minimum absolute atomic E-state index is 0.0452. The molecule has 2 unspecified atom stereocenters. The van der Waals surface area contributed by atoms with Gasteiger partial charge in [0.25, 0.3) is 0 Å². The summed E-state index contributed by atoms with van der Waals surface area (Å²) in [6.07, 6.45) is 1.29. The molecule has 6 nitrogen and oxygen atoms in total. The number of carbonyl (C=O) groups excluding carboxylic acids is 2. The minimum atomic E-state index is -0.324. The maximum atomic E-state index is 13.1. The molecule has 2 amide bonds. The summed E-state index contributed by atoms with van der Waals surface area (Å²) >= 11 is 0. The second-order valence-corrected chi connectivity index (χ2v) is 7.77. The lowest BCUT2D eigenvalue weighted by Crippen LogP contribution is -2.49. The third-order valence-electron chi connectivity index (χ3n) is 5.72. The molecule has 0 spiro atoms. The van der Waals surface area contributed by atoms with Crippen LogP contribution in [0.5, 0.6) is 5.75 Å². The van der Waals surface area contributed by atoms with Crippen molar-refractivity contribution in [2.45, 2.75) is 38.8 Å². The fourth-order valence-electron chi connectivity index (χ4n) is 3.70. The number of piperidine rings is 1. The average molecular weight is 413 g/mol. The Hall–Kier alpha value is -2.93. The van der Waals surface area contributed by atoms with Gasteiger partial charge in [0, 0.05) is 5.92 Å². The van der Waals surface area contributed by atoms with E-state index in [0.717, 1.165) is 5.56 Å². The maximum Gasteiger partial charge on any atom is 0.237 e. The van der Waals surface area contributed by atoms with E-state index in [-0.39, 0.29) is 41.4 Å². The van der Waals surface area contributed by atoms with Crippen molar-refractivity contribution in [1.29, 1.82) is 0 Å². The molecule has 160 valence electrons. The Labute approximate surface area is 176 Å². The van der Waals surface area contributed by atoms with Crippen molar-refractivity contribution < 1.29 is 19.1 Å². The Kier molecular flexibility index (Phi) is 7.05. The molecule has 1 aliphatic heterocycles. The predicted octanol–water partition coefficient (Wildman–Crippen LogP) is 3.45. The number of nitrogens with zero attached hydrogens (tertiary/aromatic N) is 1. The van der Waals surface area contributed by atoms with Crippen LogP contribution in [0.3, 0.4) is 0 Å². The van der Waals surface area contributed by atoms with E-state index in [4.69, 9.17) is 0 Å². The molecule has 1 aliphatic rings. The normalized spacial score (nSPS) is 17.2. The lowest BCUT2D eigenvalue weighted by Gasteiger charge is -2.35. The van der Waals surface area contributed by atoms with Gasteiger partial charge in [-0.05, 0) is 69.6 Å². The molecular weight excluding hydrogens is 385 g/mol. The fraction of sp³-hybridized carbons (Fsp3) is 0.391. The van der Waals surface area contributed by atoms with E-state index in [9.17, 15) is 19.1 Å². The van der Waals surface area contributed by atoms with Crippen molar-refractivity contribution in [2.75, 3.05) is 18.4 Å². The number of likely N-dealkylation sites (tertiary alicyclic amines) is 1. The number of para-hydroxylation sites is 2. The van der Waals surface area contributed by atoms with E-state index in [0.29, 0.717) is 31.6 Å². The van der Waals surface area contributed by atoms with Gasteiger partial charge in [-0.3, -0.25) is 14.5 Å². The quantitative estimate of drug-likeness (QED) is 0.634. The van der Waals surface area contributed by atoms with Crippen LogP contribution >= 0.6 is 0 Å². The molecule has 0 aromatic heterocycles. The van der Waals surface area contributed by atoms with Crippen LogP contribution in [0.4, 0.5) is 10.1 Å². The Bertz CT molecular complexity index is 880. The monoisotopic (exact) mass is 413 g/mol. The Morgan fingerprint density at radius 1 is 1.07 bits per heavy atom. The Morgan fingerprint density at radius 3 is 2.33 bits per heavy atom. The van der Waals surface area contributed by atoms with E-state index in [1.54, 1.807) is 30.3 Å². The highest BCUT2D eigenvalue weighted by Crippen LogP contribution is 2.25. The van der Waals surface area contributed by atoms with Crippen LogP contribution in [0.1, 0.15) is 38.3 Å². The first-order valence-corrected chi connectivity index (χ1v) is 10.2. The number of aromatic hydroxyl groups is 1. The second kappa shape index (κ2) is 9.71. The highest BCUT2D eigenvalue weighted by atomic mass is 19.1. The molecule has 0 bridgehead atoms. The summed E-state index contributed by atoms with van der Waals surface area (Å²) in [4.78, 5) is 27.2. The summed E-state index contributed by atoms with van der Waals surface area (Å²) in [6.45, 7) is 5.00. The summed E-state index contributed by atoms with van der Waals surface area (Å²) in [5, 5.41) is 15.6. The zero-order valence-corrected chi connectivity index (χ0v) is 17.3. The summed E-state index contributed by atoms with van der Waals surface area (Å²) in [7, 11) is 0. The lowest BCUT2D eigenvalue weighted by molar-refractivity contribution is -0.127. The van der Waals surface area contributed by atoms with Crippen LogP contribution in [-0.2, 0) is 9.59 Å². The third kappa shape index (κ3) is 5.36. The zero-order valence-electron chi connectivity index (χ0n) is 17.3. The number of benzene rings is 2. The smallest absolute Gasteiger partial charge is 0.237 e. The molecule has 1 fully saturated rings. The van der Waals surface area contributed by atoms with Crippen LogP contribution in [-0.4, -0.2) is 41.0 Å². The number of phenolic OH excluding ortho intramolecular Hbond substituents is 1. The fourth-order valence-corrected chi connectivity index (χ4v) is 3.70. The van der Waals surface area contributed by atoms with E-state index >= 15 is 0 Å². The van der Waals surface area contributed by atoms with Crippen molar-refractivity contribution in [3.8, 4) is 5.75 Å². The molecule has 0 aliphatic carbocycles. The van der Waals surface area contributed by atoms with Gasteiger partial charge in [0.1, 0.15) is 11.6 Å². The van der Waals surface area contributed by atoms with Crippen molar-refractivity contribution in [1.82, 2.24) is 10.2 Å². The summed E-state index contributed by atoms with van der Waals surface area (Å²) in [6, 6.07) is 12.2. The molecule has 3 rings (SSSR count). The lowest BCUT2D eigenvalue weighted by atomic mass is 9.94.